The Labute approximate surface area is 114 Å². The van der Waals surface area contributed by atoms with E-state index in [-0.39, 0.29) is 5.91 Å². The van der Waals surface area contributed by atoms with Gasteiger partial charge >= 0.3 is 0 Å². The van der Waals surface area contributed by atoms with Crippen LogP contribution in [0.5, 0.6) is 0 Å². The second-order valence-corrected chi connectivity index (χ2v) is 5.14. The van der Waals surface area contributed by atoms with Crippen LogP contribution in [0.1, 0.15) is 28.8 Å². The van der Waals surface area contributed by atoms with Crippen molar-refractivity contribution in [1.29, 1.82) is 0 Å². The maximum atomic E-state index is 12.3. The molecule has 1 aromatic rings. The van der Waals surface area contributed by atoms with Gasteiger partial charge in [-0.3, -0.25) is 4.79 Å². The van der Waals surface area contributed by atoms with E-state index < -0.39 is 0 Å². The Morgan fingerprint density at radius 3 is 2.53 bits per heavy atom. The molecule has 0 atom stereocenters. The second-order valence-electron chi connectivity index (χ2n) is 5.14. The Balaban J connectivity index is 1.93. The number of ether oxygens (including phenoxy) is 1. The summed E-state index contributed by atoms with van der Waals surface area (Å²) in [5, 5.41) is 0. The molecule has 19 heavy (non-hydrogen) atoms. The minimum atomic E-state index is 0.0788. The first-order chi connectivity index (χ1) is 9.20. The van der Waals surface area contributed by atoms with E-state index in [4.69, 9.17) is 10.5 Å². The summed E-state index contributed by atoms with van der Waals surface area (Å²) < 4.78 is 5.34. The summed E-state index contributed by atoms with van der Waals surface area (Å²) in [4.78, 5) is 14.1. The van der Waals surface area contributed by atoms with Gasteiger partial charge in [-0.05, 0) is 36.5 Å². The number of nitrogens with two attached hydrogens (primary N) is 1. The zero-order valence-corrected chi connectivity index (χ0v) is 11.5. The fourth-order valence-electron chi connectivity index (χ4n) is 2.40. The van der Waals surface area contributed by atoms with Crippen molar-refractivity contribution in [3.05, 3.63) is 35.4 Å². The molecular formula is C15H22N2O2. The van der Waals surface area contributed by atoms with Gasteiger partial charge in [0.25, 0.3) is 5.91 Å². The second kappa shape index (κ2) is 6.68. The molecule has 0 aromatic heterocycles. The van der Waals surface area contributed by atoms with Crippen LogP contribution in [-0.4, -0.2) is 37.6 Å². The minimum Gasteiger partial charge on any atom is -0.381 e. The molecule has 0 saturated carbocycles. The molecule has 1 aliphatic rings. The van der Waals surface area contributed by atoms with Crippen LogP contribution in [0.4, 0.5) is 0 Å². The molecule has 0 bridgehead atoms. The first kappa shape index (κ1) is 14.0. The summed E-state index contributed by atoms with van der Waals surface area (Å²) >= 11 is 0. The first-order valence-corrected chi connectivity index (χ1v) is 6.83. The summed E-state index contributed by atoms with van der Waals surface area (Å²) in [6.45, 7) is 2.95. The zero-order valence-electron chi connectivity index (χ0n) is 11.5. The van der Waals surface area contributed by atoms with Gasteiger partial charge in [-0.15, -0.1) is 0 Å². The summed E-state index contributed by atoms with van der Waals surface area (Å²) in [5.74, 6) is 0.640. The Kier molecular flexibility index (Phi) is 4.93. The Bertz CT molecular complexity index is 411. The monoisotopic (exact) mass is 262 g/mol. The fourth-order valence-corrected chi connectivity index (χ4v) is 2.40. The molecule has 2 N–H and O–H groups in total. The van der Waals surface area contributed by atoms with Crippen LogP contribution in [0.3, 0.4) is 0 Å². The van der Waals surface area contributed by atoms with Gasteiger partial charge in [0.15, 0.2) is 0 Å². The molecule has 0 unspecified atom stereocenters. The number of rotatable bonds is 4. The van der Waals surface area contributed by atoms with E-state index in [1.165, 1.54) is 0 Å². The molecule has 0 aliphatic carbocycles. The van der Waals surface area contributed by atoms with Gasteiger partial charge in [-0.1, -0.05) is 12.1 Å². The van der Waals surface area contributed by atoms with E-state index >= 15 is 0 Å². The van der Waals surface area contributed by atoms with Crippen LogP contribution in [-0.2, 0) is 11.3 Å². The van der Waals surface area contributed by atoms with Crippen molar-refractivity contribution in [2.75, 3.05) is 26.8 Å². The predicted octanol–water partition coefficient (Wildman–Crippen LogP) is 1.64. The van der Waals surface area contributed by atoms with Crippen molar-refractivity contribution in [1.82, 2.24) is 4.90 Å². The molecule has 2 rings (SSSR count). The third-order valence-electron chi connectivity index (χ3n) is 3.66. The van der Waals surface area contributed by atoms with Crippen molar-refractivity contribution in [3.8, 4) is 0 Å². The topological polar surface area (TPSA) is 55.6 Å². The van der Waals surface area contributed by atoms with Crippen LogP contribution >= 0.6 is 0 Å². The summed E-state index contributed by atoms with van der Waals surface area (Å²) in [5.41, 5.74) is 7.33. The van der Waals surface area contributed by atoms with E-state index in [0.29, 0.717) is 12.5 Å². The highest BCUT2D eigenvalue weighted by Gasteiger charge is 2.19. The van der Waals surface area contributed by atoms with Gasteiger partial charge in [-0.2, -0.15) is 0 Å². The van der Waals surface area contributed by atoms with Gasteiger partial charge in [-0.25, -0.2) is 0 Å². The molecule has 1 saturated heterocycles. The third kappa shape index (κ3) is 3.78. The smallest absolute Gasteiger partial charge is 0.253 e. The number of carbonyl (C=O) groups excluding carboxylic acids is 1. The molecule has 0 spiro atoms. The van der Waals surface area contributed by atoms with Gasteiger partial charge in [0.1, 0.15) is 0 Å². The lowest BCUT2D eigenvalue weighted by Gasteiger charge is -2.27. The third-order valence-corrected chi connectivity index (χ3v) is 3.66. The van der Waals surface area contributed by atoms with Crippen LogP contribution < -0.4 is 5.73 Å². The van der Waals surface area contributed by atoms with Gasteiger partial charge < -0.3 is 15.4 Å². The van der Waals surface area contributed by atoms with E-state index in [0.717, 1.165) is 43.7 Å². The van der Waals surface area contributed by atoms with Gasteiger partial charge in [0.05, 0.1) is 0 Å². The van der Waals surface area contributed by atoms with E-state index in [9.17, 15) is 4.79 Å². The average Bonchev–Trinajstić information content (AvgIpc) is 2.47. The zero-order chi connectivity index (χ0) is 13.7. The average molecular weight is 262 g/mol. The van der Waals surface area contributed by atoms with E-state index in [2.05, 4.69) is 0 Å². The molecule has 104 valence electrons. The van der Waals surface area contributed by atoms with Crippen molar-refractivity contribution in [2.24, 2.45) is 11.7 Å². The lowest BCUT2D eigenvalue weighted by atomic mass is 9.99. The highest BCUT2D eigenvalue weighted by atomic mass is 16.5. The minimum absolute atomic E-state index is 0.0788. The van der Waals surface area contributed by atoms with Crippen molar-refractivity contribution in [2.45, 2.75) is 19.4 Å². The van der Waals surface area contributed by atoms with Crippen molar-refractivity contribution in [3.63, 3.8) is 0 Å². The summed E-state index contributed by atoms with van der Waals surface area (Å²) in [6, 6.07) is 7.53. The number of carbonyl (C=O) groups is 1. The molecule has 1 aromatic carbocycles. The molecule has 4 heteroatoms. The lowest BCUT2D eigenvalue weighted by molar-refractivity contribution is 0.0497. The lowest BCUT2D eigenvalue weighted by Crippen LogP contribution is -2.34. The van der Waals surface area contributed by atoms with Gasteiger partial charge in [0, 0.05) is 38.9 Å². The SMILES string of the molecule is CN(CC1CCOCC1)C(=O)c1ccc(CN)cc1. The molecule has 1 fully saturated rings. The maximum Gasteiger partial charge on any atom is 0.253 e. The first-order valence-electron chi connectivity index (χ1n) is 6.83. The van der Waals surface area contributed by atoms with E-state index in [1.807, 2.05) is 36.2 Å². The Hall–Kier alpha value is -1.39. The quantitative estimate of drug-likeness (QED) is 0.897. The summed E-state index contributed by atoms with van der Waals surface area (Å²) in [6.07, 6.45) is 2.09. The molecule has 0 radical (unpaired) electrons. The Morgan fingerprint density at radius 2 is 1.95 bits per heavy atom. The van der Waals surface area contributed by atoms with Crippen molar-refractivity contribution < 1.29 is 9.53 Å². The number of benzene rings is 1. The number of hydrogen-bond acceptors (Lipinski definition) is 3. The van der Waals surface area contributed by atoms with E-state index in [1.54, 1.807) is 0 Å². The molecule has 1 aliphatic heterocycles. The number of hydrogen-bond donors (Lipinski definition) is 1. The number of nitrogens with zero attached hydrogens (tertiary/aromatic N) is 1. The van der Waals surface area contributed by atoms with Crippen LogP contribution in [0.25, 0.3) is 0 Å². The maximum absolute atomic E-state index is 12.3. The highest BCUT2D eigenvalue weighted by Crippen LogP contribution is 2.16. The van der Waals surface area contributed by atoms with Crippen LogP contribution in [0.15, 0.2) is 24.3 Å². The fraction of sp³-hybridized carbons (Fsp3) is 0.533. The highest BCUT2D eigenvalue weighted by molar-refractivity contribution is 5.94. The molecule has 1 amide bonds. The summed E-state index contributed by atoms with van der Waals surface area (Å²) in [7, 11) is 1.87. The van der Waals surface area contributed by atoms with Gasteiger partial charge in [0.2, 0.25) is 0 Å². The molecule has 1 heterocycles. The Morgan fingerprint density at radius 1 is 1.32 bits per heavy atom. The molecule has 4 nitrogen and oxygen atoms in total. The molecular weight excluding hydrogens is 240 g/mol. The standard InChI is InChI=1S/C15H22N2O2/c1-17(11-13-6-8-19-9-7-13)15(18)14-4-2-12(10-16)3-5-14/h2-5,13H,6-11,16H2,1H3. The predicted molar refractivity (Wildman–Crippen MR) is 74.8 cm³/mol. The largest absolute Gasteiger partial charge is 0.381 e. The number of amides is 1. The van der Waals surface area contributed by atoms with Crippen molar-refractivity contribution >= 4 is 5.91 Å². The normalized spacial score (nSPS) is 16.3. The van der Waals surface area contributed by atoms with Crippen LogP contribution in [0.2, 0.25) is 0 Å². The van der Waals surface area contributed by atoms with Crippen LogP contribution in [0, 0.1) is 5.92 Å².